The number of benzene rings is 1. The Labute approximate surface area is 94.4 Å². The first-order chi connectivity index (χ1) is 7.74. The van der Waals surface area contributed by atoms with Gasteiger partial charge in [0, 0.05) is 5.92 Å². The van der Waals surface area contributed by atoms with Crippen LogP contribution in [0.5, 0.6) is 0 Å². The van der Waals surface area contributed by atoms with Crippen LogP contribution < -0.4 is 0 Å². The molecule has 0 unspecified atom stereocenters. The van der Waals surface area contributed by atoms with Gasteiger partial charge in [0.2, 0.25) is 0 Å². The summed E-state index contributed by atoms with van der Waals surface area (Å²) >= 11 is 0. The summed E-state index contributed by atoms with van der Waals surface area (Å²) in [6.07, 6.45) is 1.50. The van der Waals surface area contributed by atoms with Gasteiger partial charge < -0.3 is 9.84 Å². The second-order valence-electron chi connectivity index (χ2n) is 3.92. The summed E-state index contributed by atoms with van der Waals surface area (Å²) < 4.78 is 5.56. The van der Waals surface area contributed by atoms with E-state index in [1.165, 1.54) is 0 Å². The zero-order valence-corrected chi connectivity index (χ0v) is 8.87. The van der Waals surface area contributed by atoms with Gasteiger partial charge in [-0.15, -0.1) is 6.58 Å². The average molecular weight is 218 g/mol. The van der Waals surface area contributed by atoms with Crippen molar-refractivity contribution in [3.8, 4) is 0 Å². The summed E-state index contributed by atoms with van der Waals surface area (Å²) in [5.41, 5.74) is 1.01. The van der Waals surface area contributed by atoms with Crippen molar-refractivity contribution in [2.45, 2.75) is 6.10 Å². The van der Waals surface area contributed by atoms with E-state index in [0.717, 1.165) is 5.56 Å². The quantitative estimate of drug-likeness (QED) is 0.791. The molecule has 3 heteroatoms. The van der Waals surface area contributed by atoms with Crippen molar-refractivity contribution < 1.29 is 14.6 Å². The van der Waals surface area contributed by atoms with Crippen LogP contribution in [0.4, 0.5) is 0 Å². The van der Waals surface area contributed by atoms with Crippen LogP contribution in [0.1, 0.15) is 11.7 Å². The minimum absolute atomic E-state index is 0.153. The fourth-order valence-electron chi connectivity index (χ4n) is 2.13. The summed E-state index contributed by atoms with van der Waals surface area (Å²) in [4.78, 5) is 11.0. The molecule has 1 N–H and O–H groups in total. The van der Waals surface area contributed by atoms with Crippen molar-refractivity contribution in [3.63, 3.8) is 0 Å². The Bertz CT molecular complexity index is 385. The number of rotatable bonds is 3. The van der Waals surface area contributed by atoms with E-state index in [4.69, 9.17) is 9.84 Å². The number of hydrogen-bond donors (Lipinski definition) is 1. The Balaban J connectivity index is 2.24. The molecule has 1 aromatic rings. The molecule has 0 amide bonds. The molecule has 1 aliphatic rings. The molecule has 3 atom stereocenters. The van der Waals surface area contributed by atoms with Gasteiger partial charge in [-0.3, -0.25) is 4.79 Å². The van der Waals surface area contributed by atoms with Crippen LogP contribution in [0.2, 0.25) is 0 Å². The van der Waals surface area contributed by atoms with Crippen molar-refractivity contribution in [2.24, 2.45) is 11.8 Å². The fourth-order valence-corrected chi connectivity index (χ4v) is 2.13. The van der Waals surface area contributed by atoms with Crippen molar-refractivity contribution in [3.05, 3.63) is 48.6 Å². The van der Waals surface area contributed by atoms with Crippen LogP contribution in [-0.2, 0) is 9.53 Å². The summed E-state index contributed by atoms with van der Waals surface area (Å²) in [6, 6.07) is 9.67. The lowest BCUT2D eigenvalue weighted by Gasteiger charge is -2.17. The van der Waals surface area contributed by atoms with Crippen LogP contribution in [0, 0.1) is 11.8 Å². The van der Waals surface area contributed by atoms with E-state index in [-0.39, 0.29) is 18.6 Å². The van der Waals surface area contributed by atoms with Crippen LogP contribution in [0.15, 0.2) is 43.0 Å². The van der Waals surface area contributed by atoms with Gasteiger partial charge in [0.25, 0.3) is 0 Å². The van der Waals surface area contributed by atoms with Crippen molar-refractivity contribution in [2.75, 3.05) is 6.61 Å². The second kappa shape index (κ2) is 4.49. The molecule has 16 heavy (non-hydrogen) atoms. The Kier molecular flexibility index (Phi) is 3.06. The zero-order valence-electron chi connectivity index (χ0n) is 8.87. The topological polar surface area (TPSA) is 46.5 Å². The minimum atomic E-state index is -0.816. The van der Waals surface area contributed by atoms with E-state index >= 15 is 0 Å². The normalized spacial score (nSPS) is 28.9. The Morgan fingerprint density at radius 1 is 1.44 bits per heavy atom. The monoisotopic (exact) mass is 218 g/mol. The summed E-state index contributed by atoms with van der Waals surface area (Å²) in [5, 5.41) is 9.05. The third-order valence-corrected chi connectivity index (χ3v) is 2.99. The molecule has 1 aliphatic heterocycles. The fraction of sp³-hybridized carbons (Fsp3) is 0.308. The molecule has 0 aliphatic carbocycles. The first-order valence-electron chi connectivity index (χ1n) is 5.26. The molecule has 0 aromatic heterocycles. The minimum Gasteiger partial charge on any atom is -0.481 e. The first kappa shape index (κ1) is 10.9. The van der Waals surface area contributed by atoms with Crippen LogP contribution >= 0.6 is 0 Å². The largest absolute Gasteiger partial charge is 0.481 e. The van der Waals surface area contributed by atoms with E-state index < -0.39 is 11.9 Å². The third kappa shape index (κ3) is 1.86. The molecule has 0 radical (unpaired) electrons. The number of ether oxygens (including phenoxy) is 1. The second-order valence-corrected chi connectivity index (χ2v) is 3.92. The van der Waals surface area contributed by atoms with Crippen molar-refractivity contribution in [1.29, 1.82) is 0 Å². The van der Waals surface area contributed by atoms with Gasteiger partial charge in [-0.1, -0.05) is 36.4 Å². The van der Waals surface area contributed by atoms with Gasteiger partial charge in [0.15, 0.2) is 0 Å². The van der Waals surface area contributed by atoms with Gasteiger partial charge >= 0.3 is 5.97 Å². The van der Waals surface area contributed by atoms with Crippen LogP contribution in [-0.4, -0.2) is 17.7 Å². The lowest BCUT2D eigenvalue weighted by molar-refractivity contribution is -0.142. The van der Waals surface area contributed by atoms with E-state index in [1.807, 2.05) is 30.3 Å². The Morgan fingerprint density at radius 2 is 2.12 bits per heavy atom. The summed E-state index contributed by atoms with van der Waals surface area (Å²) in [6.45, 7) is 3.96. The molecule has 2 rings (SSSR count). The van der Waals surface area contributed by atoms with E-state index in [1.54, 1.807) is 6.08 Å². The molecule has 1 heterocycles. The van der Waals surface area contributed by atoms with Crippen LogP contribution in [0.3, 0.4) is 0 Å². The van der Waals surface area contributed by atoms with Gasteiger partial charge in [-0.2, -0.15) is 0 Å². The molecule has 0 spiro atoms. The highest BCUT2D eigenvalue weighted by atomic mass is 16.5. The molecule has 3 nitrogen and oxygen atoms in total. The highest BCUT2D eigenvalue weighted by Gasteiger charge is 2.40. The maximum atomic E-state index is 11.0. The van der Waals surface area contributed by atoms with Gasteiger partial charge in [0.05, 0.1) is 18.6 Å². The number of carbonyl (C=O) groups is 1. The molecule has 1 saturated heterocycles. The predicted molar refractivity (Wildman–Crippen MR) is 59.9 cm³/mol. The smallest absolute Gasteiger partial charge is 0.309 e. The molecule has 0 bridgehead atoms. The number of carboxylic acid groups (broad SMARTS) is 1. The molecule has 84 valence electrons. The van der Waals surface area contributed by atoms with E-state index in [9.17, 15) is 4.79 Å². The highest BCUT2D eigenvalue weighted by molar-refractivity contribution is 5.71. The molecule has 1 aromatic carbocycles. The van der Waals surface area contributed by atoms with Crippen molar-refractivity contribution in [1.82, 2.24) is 0 Å². The molecular weight excluding hydrogens is 204 g/mol. The van der Waals surface area contributed by atoms with Crippen molar-refractivity contribution >= 4 is 5.97 Å². The Hall–Kier alpha value is -1.61. The standard InChI is InChI=1S/C13H14O3/c1-2-10-11(13(14)15)8-16-12(10)9-6-4-3-5-7-9/h2-7,10-12H,1,8H2,(H,14,15)/t10-,11-,12+/m0/s1. The van der Waals surface area contributed by atoms with Gasteiger partial charge in [0.1, 0.15) is 0 Å². The molecule has 0 saturated carbocycles. The summed E-state index contributed by atoms with van der Waals surface area (Å²) in [7, 11) is 0. The molecular formula is C13H14O3. The van der Waals surface area contributed by atoms with Gasteiger partial charge in [-0.25, -0.2) is 0 Å². The predicted octanol–water partition coefficient (Wildman–Crippen LogP) is 2.26. The SMILES string of the molecule is C=C[C@H]1[C@@H](C(=O)O)CO[C@@H]1c1ccccc1. The maximum absolute atomic E-state index is 11.0. The summed E-state index contributed by atoms with van der Waals surface area (Å²) in [5.74, 6) is -1.45. The highest BCUT2D eigenvalue weighted by Crippen LogP contribution is 2.39. The van der Waals surface area contributed by atoms with Crippen LogP contribution in [0.25, 0.3) is 0 Å². The van der Waals surface area contributed by atoms with E-state index in [2.05, 4.69) is 6.58 Å². The lowest BCUT2D eigenvalue weighted by atomic mass is 9.87. The zero-order chi connectivity index (χ0) is 11.5. The van der Waals surface area contributed by atoms with E-state index in [0.29, 0.717) is 0 Å². The maximum Gasteiger partial charge on any atom is 0.309 e. The number of aliphatic carboxylic acids is 1. The average Bonchev–Trinajstić information content (AvgIpc) is 2.73. The number of hydrogen-bond acceptors (Lipinski definition) is 2. The molecule has 1 fully saturated rings. The Morgan fingerprint density at radius 3 is 2.69 bits per heavy atom. The van der Waals surface area contributed by atoms with Gasteiger partial charge in [-0.05, 0) is 5.56 Å². The number of carboxylic acids is 1. The lowest BCUT2D eigenvalue weighted by Crippen LogP contribution is -2.21. The first-order valence-corrected chi connectivity index (χ1v) is 5.26. The third-order valence-electron chi connectivity index (χ3n) is 2.99.